The molecule has 2 rings (SSSR count). The Balaban J connectivity index is 2.50. The third-order valence-electron chi connectivity index (χ3n) is 2.62. The number of nitrogens with two attached hydrogens (primary N) is 1. The topological polar surface area (TPSA) is 38.9 Å². The average Bonchev–Trinajstić information content (AvgIpc) is 2.29. The van der Waals surface area contributed by atoms with Gasteiger partial charge in [0, 0.05) is 30.1 Å². The predicted octanol–water partition coefficient (Wildman–Crippen LogP) is 2.65. The molecule has 0 saturated carbocycles. The molecule has 0 bridgehead atoms. The third kappa shape index (κ3) is 1.95. The molecule has 82 valence electrons. The highest BCUT2D eigenvalue weighted by atomic mass is 19.1. The van der Waals surface area contributed by atoms with E-state index < -0.39 is 0 Å². The normalized spacial score (nSPS) is 10.4. The van der Waals surface area contributed by atoms with Crippen LogP contribution in [0.15, 0.2) is 36.7 Å². The second-order valence-electron chi connectivity index (χ2n) is 3.70. The molecule has 16 heavy (non-hydrogen) atoms. The Morgan fingerprint density at radius 2 is 2.12 bits per heavy atom. The van der Waals surface area contributed by atoms with Crippen LogP contribution in [0.25, 0.3) is 11.1 Å². The minimum Gasteiger partial charge on any atom is -0.326 e. The van der Waals surface area contributed by atoms with Crippen molar-refractivity contribution in [3.05, 3.63) is 53.6 Å². The van der Waals surface area contributed by atoms with Crippen LogP contribution in [-0.2, 0) is 6.54 Å². The van der Waals surface area contributed by atoms with Crippen molar-refractivity contribution in [1.82, 2.24) is 4.98 Å². The minimum atomic E-state index is -0.261. The van der Waals surface area contributed by atoms with Gasteiger partial charge in [0.1, 0.15) is 5.82 Å². The summed E-state index contributed by atoms with van der Waals surface area (Å²) >= 11 is 0. The number of aromatic nitrogens is 1. The number of benzene rings is 1. The number of hydrogen-bond acceptors (Lipinski definition) is 2. The zero-order valence-electron chi connectivity index (χ0n) is 9.07. The Morgan fingerprint density at radius 1 is 1.31 bits per heavy atom. The number of rotatable bonds is 2. The standard InChI is InChI=1S/C13H13FN2/c1-9-4-5-16-8-12(9)10-2-3-11(7-15)13(14)6-10/h2-6,8H,7,15H2,1H3. The van der Waals surface area contributed by atoms with E-state index in [0.29, 0.717) is 5.56 Å². The molecule has 1 heterocycles. The van der Waals surface area contributed by atoms with Crippen LogP contribution in [-0.4, -0.2) is 4.98 Å². The molecule has 1 aromatic carbocycles. The first-order valence-corrected chi connectivity index (χ1v) is 5.12. The highest BCUT2D eigenvalue weighted by molar-refractivity contribution is 5.66. The summed E-state index contributed by atoms with van der Waals surface area (Å²) in [7, 11) is 0. The molecule has 1 aromatic heterocycles. The molecule has 0 unspecified atom stereocenters. The van der Waals surface area contributed by atoms with Gasteiger partial charge in [0.2, 0.25) is 0 Å². The fourth-order valence-electron chi connectivity index (χ4n) is 1.65. The number of nitrogens with zero attached hydrogens (tertiary/aromatic N) is 1. The minimum absolute atomic E-state index is 0.220. The fourth-order valence-corrected chi connectivity index (χ4v) is 1.65. The second-order valence-corrected chi connectivity index (χ2v) is 3.70. The van der Waals surface area contributed by atoms with Crippen LogP contribution in [0.2, 0.25) is 0 Å². The molecule has 3 heteroatoms. The molecule has 2 aromatic rings. The van der Waals surface area contributed by atoms with Crippen molar-refractivity contribution >= 4 is 0 Å². The Hall–Kier alpha value is -1.74. The maximum Gasteiger partial charge on any atom is 0.128 e. The van der Waals surface area contributed by atoms with Gasteiger partial charge in [-0.25, -0.2) is 4.39 Å². The van der Waals surface area contributed by atoms with Crippen molar-refractivity contribution in [1.29, 1.82) is 0 Å². The molecule has 0 spiro atoms. The van der Waals surface area contributed by atoms with Gasteiger partial charge in [-0.05, 0) is 30.2 Å². The summed E-state index contributed by atoms with van der Waals surface area (Å²) < 4.78 is 13.6. The van der Waals surface area contributed by atoms with Crippen molar-refractivity contribution in [3.8, 4) is 11.1 Å². The molecule has 0 saturated heterocycles. The van der Waals surface area contributed by atoms with E-state index in [4.69, 9.17) is 5.73 Å². The van der Waals surface area contributed by atoms with Crippen LogP contribution in [0.5, 0.6) is 0 Å². The van der Waals surface area contributed by atoms with E-state index in [9.17, 15) is 4.39 Å². The number of aryl methyl sites for hydroxylation is 1. The first-order valence-electron chi connectivity index (χ1n) is 5.12. The van der Waals surface area contributed by atoms with Crippen LogP contribution in [0, 0.1) is 12.7 Å². The largest absolute Gasteiger partial charge is 0.326 e. The summed E-state index contributed by atoms with van der Waals surface area (Å²) in [6.45, 7) is 2.20. The van der Waals surface area contributed by atoms with Gasteiger partial charge in [-0.1, -0.05) is 12.1 Å². The molecule has 2 N–H and O–H groups in total. The molecular formula is C13H13FN2. The molecule has 0 aliphatic carbocycles. The molecule has 0 fully saturated rings. The van der Waals surface area contributed by atoms with Crippen LogP contribution >= 0.6 is 0 Å². The molecule has 0 atom stereocenters. The first kappa shape index (κ1) is 10.8. The van der Waals surface area contributed by atoms with E-state index in [1.54, 1.807) is 18.5 Å². The lowest BCUT2D eigenvalue weighted by molar-refractivity contribution is 0.611. The van der Waals surface area contributed by atoms with E-state index >= 15 is 0 Å². The zero-order chi connectivity index (χ0) is 11.5. The van der Waals surface area contributed by atoms with Crippen molar-refractivity contribution < 1.29 is 4.39 Å². The Labute approximate surface area is 93.9 Å². The lowest BCUT2D eigenvalue weighted by Crippen LogP contribution is -1.99. The monoisotopic (exact) mass is 216 g/mol. The maximum absolute atomic E-state index is 13.6. The average molecular weight is 216 g/mol. The van der Waals surface area contributed by atoms with Gasteiger partial charge in [0.25, 0.3) is 0 Å². The fraction of sp³-hybridized carbons (Fsp3) is 0.154. The SMILES string of the molecule is Cc1ccncc1-c1ccc(CN)c(F)c1. The van der Waals surface area contributed by atoms with E-state index in [0.717, 1.165) is 16.7 Å². The molecule has 2 nitrogen and oxygen atoms in total. The highest BCUT2D eigenvalue weighted by Crippen LogP contribution is 2.23. The smallest absolute Gasteiger partial charge is 0.128 e. The van der Waals surface area contributed by atoms with Gasteiger partial charge in [0.05, 0.1) is 0 Å². The van der Waals surface area contributed by atoms with Crippen molar-refractivity contribution in [2.75, 3.05) is 0 Å². The van der Waals surface area contributed by atoms with Gasteiger partial charge in [-0.15, -0.1) is 0 Å². The summed E-state index contributed by atoms with van der Waals surface area (Å²) in [4.78, 5) is 4.05. The van der Waals surface area contributed by atoms with Crippen molar-refractivity contribution in [2.45, 2.75) is 13.5 Å². The number of hydrogen-bond donors (Lipinski definition) is 1. The van der Waals surface area contributed by atoms with Gasteiger partial charge >= 0.3 is 0 Å². The van der Waals surface area contributed by atoms with E-state index in [1.807, 2.05) is 19.1 Å². The molecule has 0 aliphatic rings. The van der Waals surface area contributed by atoms with Gasteiger partial charge in [-0.2, -0.15) is 0 Å². The molecular weight excluding hydrogens is 203 g/mol. The lowest BCUT2D eigenvalue weighted by Gasteiger charge is -2.07. The lowest BCUT2D eigenvalue weighted by atomic mass is 10.0. The van der Waals surface area contributed by atoms with Gasteiger partial charge < -0.3 is 5.73 Å². The van der Waals surface area contributed by atoms with Crippen LogP contribution in [0.3, 0.4) is 0 Å². The van der Waals surface area contributed by atoms with Gasteiger partial charge in [0.15, 0.2) is 0 Å². The quantitative estimate of drug-likeness (QED) is 0.838. The molecule has 0 radical (unpaired) electrons. The Kier molecular flexibility index (Phi) is 2.97. The van der Waals surface area contributed by atoms with Crippen molar-refractivity contribution in [3.63, 3.8) is 0 Å². The second kappa shape index (κ2) is 4.41. The third-order valence-corrected chi connectivity index (χ3v) is 2.62. The number of pyridine rings is 1. The Bertz CT molecular complexity index is 509. The summed E-state index contributed by atoms with van der Waals surface area (Å²) in [5.41, 5.74) is 8.81. The first-order chi connectivity index (χ1) is 7.72. The van der Waals surface area contributed by atoms with E-state index in [1.165, 1.54) is 6.07 Å². The van der Waals surface area contributed by atoms with Crippen molar-refractivity contribution in [2.24, 2.45) is 5.73 Å². The van der Waals surface area contributed by atoms with Gasteiger partial charge in [-0.3, -0.25) is 4.98 Å². The molecule has 0 aliphatic heterocycles. The summed E-state index contributed by atoms with van der Waals surface area (Å²) in [6, 6.07) is 7.00. The summed E-state index contributed by atoms with van der Waals surface area (Å²) in [5.74, 6) is -0.261. The predicted molar refractivity (Wildman–Crippen MR) is 62.3 cm³/mol. The van der Waals surface area contributed by atoms with E-state index in [-0.39, 0.29) is 12.4 Å². The van der Waals surface area contributed by atoms with Crippen LogP contribution in [0.1, 0.15) is 11.1 Å². The Morgan fingerprint density at radius 3 is 2.75 bits per heavy atom. The number of halogens is 1. The van der Waals surface area contributed by atoms with Crippen LogP contribution in [0.4, 0.5) is 4.39 Å². The summed E-state index contributed by atoms with van der Waals surface area (Å²) in [6.07, 6.45) is 3.47. The molecule has 0 amide bonds. The zero-order valence-corrected chi connectivity index (χ0v) is 9.07. The summed E-state index contributed by atoms with van der Waals surface area (Å²) in [5, 5.41) is 0. The van der Waals surface area contributed by atoms with Crippen LogP contribution < -0.4 is 5.73 Å². The maximum atomic E-state index is 13.6. The van der Waals surface area contributed by atoms with E-state index in [2.05, 4.69) is 4.98 Å². The highest BCUT2D eigenvalue weighted by Gasteiger charge is 2.05.